The topological polar surface area (TPSA) is 12.0 Å². The lowest BCUT2D eigenvalue weighted by Crippen LogP contribution is -2.25. The summed E-state index contributed by atoms with van der Waals surface area (Å²) in [7, 11) is 0. The van der Waals surface area contributed by atoms with Crippen LogP contribution in [0.2, 0.25) is 0 Å². The molecule has 100 valence electrons. The summed E-state index contributed by atoms with van der Waals surface area (Å²) in [4.78, 5) is 1.48. The van der Waals surface area contributed by atoms with E-state index in [-0.39, 0.29) is 0 Å². The zero-order valence-electron chi connectivity index (χ0n) is 11.0. The first-order chi connectivity index (χ1) is 9.24. The van der Waals surface area contributed by atoms with Gasteiger partial charge < -0.3 is 5.32 Å². The van der Waals surface area contributed by atoms with Crippen molar-refractivity contribution in [1.29, 1.82) is 0 Å². The SMILES string of the molecule is C[C@@H](NC(c1cccs1)C1CC1)c1cccc(Br)c1. The summed E-state index contributed by atoms with van der Waals surface area (Å²) in [6.07, 6.45) is 2.72. The molecule has 1 fully saturated rings. The molecule has 1 aliphatic rings. The van der Waals surface area contributed by atoms with Crippen molar-refractivity contribution in [2.75, 3.05) is 0 Å². The number of thiophene rings is 1. The first-order valence-electron chi connectivity index (χ1n) is 6.79. The molecule has 1 unspecified atom stereocenters. The van der Waals surface area contributed by atoms with Crippen LogP contribution in [0.4, 0.5) is 0 Å². The van der Waals surface area contributed by atoms with Gasteiger partial charge in [-0.15, -0.1) is 11.3 Å². The maximum Gasteiger partial charge on any atom is 0.0448 e. The predicted octanol–water partition coefficient (Wildman–Crippen LogP) is 5.31. The molecule has 0 bridgehead atoms. The Morgan fingerprint density at radius 1 is 1.26 bits per heavy atom. The van der Waals surface area contributed by atoms with Crippen LogP contribution < -0.4 is 5.32 Å². The summed E-state index contributed by atoms with van der Waals surface area (Å²) in [5, 5.41) is 5.99. The number of nitrogens with one attached hydrogen (secondary N) is 1. The van der Waals surface area contributed by atoms with Gasteiger partial charge in [0.2, 0.25) is 0 Å². The summed E-state index contributed by atoms with van der Waals surface area (Å²) in [6, 6.07) is 13.9. The molecule has 19 heavy (non-hydrogen) atoms. The highest BCUT2D eigenvalue weighted by Crippen LogP contribution is 2.43. The molecular weight excluding hydrogens is 318 g/mol. The molecule has 1 N–H and O–H groups in total. The molecule has 1 saturated carbocycles. The van der Waals surface area contributed by atoms with Crippen molar-refractivity contribution in [2.45, 2.75) is 31.8 Å². The van der Waals surface area contributed by atoms with Crippen molar-refractivity contribution in [3.63, 3.8) is 0 Å². The smallest absolute Gasteiger partial charge is 0.0448 e. The Morgan fingerprint density at radius 2 is 2.11 bits per heavy atom. The van der Waals surface area contributed by atoms with Crippen LogP contribution in [0.3, 0.4) is 0 Å². The van der Waals surface area contributed by atoms with Crippen LogP contribution in [0.25, 0.3) is 0 Å². The van der Waals surface area contributed by atoms with Crippen LogP contribution in [0, 0.1) is 5.92 Å². The van der Waals surface area contributed by atoms with Gasteiger partial charge in [-0.25, -0.2) is 0 Å². The Hall–Kier alpha value is -0.640. The zero-order chi connectivity index (χ0) is 13.2. The fourth-order valence-corrected chi connectivity index (χ4v) is 3.79. The van der Waals surface area contributed by atoms with E-state index in [1.807, 2.05) is 11.3 Å². The molecule has 0 saturated heterocycles. The minimum absolute atomic E-state index is 0.380. The minimum Gasteiger partial charge on any atom is -0.302 e. The van der Waals surface area contributed by atoms with E-state index >= 15 is 0 Å². The van der Waals surface area contributed by atoms with E-state index in [1.165, 1.54) is 23.3 Å². The van der Waals surface area contributed by atoms with Crippen LogP contribution in [0.1, 0.15) is 42.3 Å². The molecular formula is C16H18BrNS. The average molecular weight is 336 g/mol. The van der Waals surface area contributed by atoms with Gasteiger partial charge >= 0.3 is 0 Å². The van der Waals surface area contributed by atoms with E-state index in [9.17, 15) is 0 Å². The van der Waals surface area contributed by atoms with Crippen molar-refractivity contribution in [1.82, 2.24) is 5.32 Å². The predicted molar refractivity (Wildman–Crippen MR) is 85.5 cm³/mol. The second kappa shape index (κ2) is 5.78. The van der Waals surface area contributed by atoms with Gasteiger partial charge in [-0.05, 0) is 54.8 Å². The van der Waals surface area contributed by atoms with Gasteiger partial charge in [-0.2, -0.15) is 0 Å². The third-order valence-corrected chi connectivity index (χ3v) is 5.17. The highest BCUT2D eigenvalue weighted by molar-refractivity contribution is 9.10. The molecule has 3 rings (SSSR count). The van der Waals surface area contributed by atoms with Crippen LogP contribution in [0.15, 0.2) is 46.3 Å². The van der Waals surface area contributed by atoms with Crippen LogP contribution in [-0.2, 0) is 0 Å². The van der Waals surface area contributed by atoms with Gasteiger partial charge in [0, 0.05) is 21.4 Å². The summed E-state index contributed by atoms with van der Waals surface area (Å²) >= 11 is 5.42. The summed E-state index contributed by atoms with van der Waals surface area (Å²) in [5.74, 6) is 0.827. The van der Waals surface area contributed by atoms with E-state index in [4.69, 9.17) is 0 Å². The highest BCUT2D eigenvalue weighted by atomic mass is 79.9. The summed E-state index contributed by atoms with van der Waals surface area (Å²) in [6.45, 7) is 2.25. The van der Waals surface area contributed by atoms with Gasteiger partial charge in [0.05, 0.1) is 0 Å². The molecule has 0 radical (unpaired) electrons. The molecule has 3 heteroatoms. The second-order valence-electron chi connectivity index (χ2n) is 5.27. The van der Waals surface area contributed by atoms with E-state index in [0.717, 1.165) is 10.4 Å². The average Bonchev–Trinajstić information content (AvgIpc) is 3.10. The molecule has 2 aromatic rings. The van der Waals surface area contributed by atoms with E-state index < -0.39 is 0 Å². The number of halogens is 1. The van der Waals surface area contributed by atoms with Gasteiger partial charge in [-0.1, -0.05) is 34.1 Å². The normalized spacial score (nSPS) is 18.2. The molecule has 2 atom stereocenters. The number of hydrogen-bond acceptors (Lipinski definition) is 2. The fraction of sp³-hybridized carbons (Fsp3) is 0.375. The fourth-order valence-electron chi connectivity index (χ4n) is 2.49. The lowest BCUT2D eigenvalue weighted by atomic mass is 10.0. The van der Waals surface area contributed by atoms with Crippen LogP contribution in [-0.4, -0.2) is 0 Å². The monoisotopic (exact) mass is 335 g/mol. The first kappa shape index (κ1) is 13.3. The second-order valence-corrected chi connectivity index (χ2v) is 7.17. The maximum atomic E-state index is 3.81. The van der Waals surface area contributed by atoms with Gasteiger partial charge in [0.15, 0.2) is 0 Å². The highest BCUT2D eigenvalue weighted by Gasteiger charge is 2.33. The number of rotatable bonds is 5. The lowest BCUT2D eigenvalue weighted by molar-refractivity contribution is 0.433. The molecule has 1 nitrogen and oxygen atoms in total. The third-order valence-electron chi connectivity index (χ3n) is 3.72. The Morgan fingerprint density at radius 3 is 2.74 bits per heavy atom. The molecule has 1 heterocycles. The van der Waals surface area contributed by atoms with Crippen molar-refractivity contribution < 1.29 is 0 Å². The minimum atomic E-state index is 0.380. The van der Waals surface area contributed by atoms with E-state index in [0.29, 0.717) is 12.1 Å². The van der Waals surface area contributed by atoms with Gasteiger partial charge in [0.25, 0.3) is 0 Å². The van der Waals surface area contributed by atoms with Crippen molar-refractivity contribution in [3.8, 4) is 0 Å². The molecule has 0 amide bonds. The molecule has 0 spiro atoms. The molecule has 0 aliphatic heterocycles. The maximum absolute atomic E-state index is 3.81. The van der Waals surface area contributed by atoms with E-state index in [2.05, 4.69) is 69.9 Å². The van der Waals surface area contributed by atoms with Crippen molar-refractivity contribution in [2.24, 2.45) is 5.92 Å². The standard InChI is InChI=1S/C16H18BrNS/c1-11(13-4-2-5-14(17)10-13)18-16(12-7-8-12)15-6-3-9-19-15/h2-6,9-12,16,18H,7-8H2,1H3/t11-,16?/m1/s1. The quantitative estimate of drug-likeness (QED) is 0.780. The Labute approximate surface area is 127 Å². The first-order valence-corrected chi connectivity index (χ1v) is 8.46. The molecule has 1 aliphatic carbocycles. The summed E-state index contributed by atoms with van der Waals surface area (Å²) < 4.78 is 1.15. The van der Waals surface area contributed by atoms with Crippen LogP contribution in [0.5, 0.6) is 0 Å². The van der Waals surface area contributed by atoms with Crippen LogP contribution >= 0.6 is 27.3 Å². The Balaban J connectivity index is 1.75. The Bertz CT molecular complexity index is 533. The zero-order valence-corrected chi connectivity index (χ0v) is 13.4. The van der Waals surface area contributed by atoms with Crippen molar-refractivity contribution in [3.05, 3.63) is 56.7 Å². The third kappa shape index (κ3) is 3.28. The molecule has 1 aromatic heterocycles. The summed E-state index contributed by atoms with van der Waals surface area (Å²) in [5.41, 5.74) is 1.34. The van der Waals surface area contributed by atoms with Gasteiger partial charge in [0.1, 0.15) is 0 Å². The number of benzene rings is 1. The van der Waals surface area contributed by atoms with Gasteiger partial charge in [-0.3, -0.25) is 0 Å². The van der Waals surface area contributed by atoms with E-state index in [1.54, 1.807) is 0 Å². The lowest BCUT2D eigenvalue weighted by Gasteiger charge is -2.23. The Kier molecular flexibility index (Phi) is 4.06. The largest absolute Gasteiger partial charge is 0.302 e. The number of hydrogen-bond donors (Lipinski definition) is 1. The van der Waals surface area contributed by atoms with Crippen molar-refractivity contribution >= 4 is 27.3 Å². The molecule has 1 aromatic carbocycles.